The zero-order valence-corrected chi connectivity index (χ0v) is 12.8. The molecule has 0 aliphatic carbocycles. The van der Waals surface area contributed by atoms with Crippen molar-refractivity contribution in [3.63, 3.8) is 0 Å². The fraction of sp³-hybridized carbons (Fsp3) is 0.583. The maximum Gasteiger partial charge on any atom is 0.279 e. The summed E-state index contributed by atoms with van der Waals surface area (Å²) in [5.74, 6) is 0. The molecular formula is C12H21N3O3S. The Kier molecular flexibility index (Phi) is 4.89. The minimum atomic E-state index is -3.54. The summed E-state index contributed by atoms with van der Waals surface area (Å²) in [6.45, 7) is 7.05. The molecule has 1 aromatic rings. The Morgan fingerprint density at radius 2 is 1.95 bits per heavy atom. The first kappa shape index (κ1) is 15.9. The van der Waals surface area contributed by atoms with Gasteiger partial charge in [0.1, 0.15) is 0 Å². The van der Waals surface area contributed by atoms with Crippen molar-refractivity contribution in [1.29, 1.82) is 0 Å². The number of aryl methyl sites for hydroxylation is 1. The molecule has 0 atom stereocenters. The van der Waals surface area contributed by atoms with Gasteiger partial charge in [-0.3, -0.25) is 4.79 Å². The number of hydrogen-bond acceptors (Lipinski definition) is 3. The van der Waals surface area contributed by atoms with Crippen LogP contribution in [0, 0.1) is 13.8 Å². The van der Waals surface area contributed by atoms with Gasteiger partial charge in [-0.1, -0.05) is 0 Å². The average molecular weight is 287 g/mol. The number of aromatic amines is 1. The van der Waals surface area contributed by atoms with Gasteiger partial charge < -0.3 is 4.98 Å². The first-order valence-electron chi connectivity index (χ1n) is 6.07. The number of aromatic nitrogens is 1. The SMILES string of the molecule is Cc1c[nH]c(CNS(=O)(=O)N(C)C(C)C)c(C)c1=O. The molecule has 1 aromatic heterocycles. The van der Waals surface area contributed by atoms with E-state index in [1.54, 1.807) is 33.9 Å². The predicted octanol–water partition coefficient (Wildman–Crippen LogP) is 0.666. The number of hydrogen-bond donors (Lipinski definition) is 2. The van der Waals surface area contributed by atoms with E-state index in [-0.39, 0.29) is 18.0 Å². The zero-order chi connectivity index (χ0) is 14.8. The Morgan fingerprint density at radius 3 is 2.47 bits per heavy atom. The minimum absolute atomic E-state index is 0.0647. The van der Waals surface area contributed by atoms with Crippen molar-refractivity contribution < 1.29 is 8.42 Å². The van der Waals surface area contributed by atoms with E-state index in [9.17, 15) is 13.2 Å². The lowest BCUT2D eigenvalue weighted by Crippen LogP contribution is -2.41. The standard InChI is InChI=1S/C12H21N3O3S/c1-8(2)15(5)19(17,18)14-7-11-10(4)12(16)9(3)6-13-11/h6,8,14H,7H2,1-5H3,(H,13,16). The van der Waals surface area contributed by atoms with Gasteiger partial charge in [-0.05, 0) is 27.7 Å². The van der Waals surface area contributed by atoms with Crippen LogP contribution in [0.5, 0.6) is 0 Å². The molecule has 0 saturated carbocycles. The van der Waals surface area contributed by atoms with Gasteiger partial charge in [0.2, 0.25) is 0 Å². The van der Waals surface area contributed by atoms with E-state index in [4.69, 9.17) is 0 Å². The highest BCUT2D eigenvalue weighted by Gasteiger charge is 2.20. The van der Waals surface area contributed by atoms with Crippen molar-refractivity contribution in [1.82, 2.24) is 14.0 Å². The van der Waals surface area contributed by atoms with Gasteiger partial charge in [-0.2, -0.15) is 17.4 Å². The highest BCUT2D eigenvalue weighted by Crippen LogP contribution is 2.04. The molecule has 0 unspecified atom stereocenters. The van der Waals surface area contributed by atoms with Crippen LogP contribution in [-0.4, -0.2) is 30.8 Å². The Morgan fingerprint density at radius 1 is 1.37 bits per heavy atom. The van der Waals surface area contributed by atoms with E-state index in [1.807, 2.05) is 0 Å². The predicted molar refractivity (Wildman–Crippen MR) is 75.2 cm³/mol. The average Bonchev–Trinajstić information content (AvgIpc) is 2.34. The van der Waals surface area contributed by atoms with E-state index >= 15 is 0 Å². The molecule has 0 amide bonds. The molecule has 108 valence electrons. The Bertz CT molecular complexity index is 605. The Hall–Kier alpha value is -1.18. The van der Waals surface area contributed by atoms with Gasteiger partial charge in [0.05, 0.1) is 6.54 Å². The molecule has 0 spiro atoms. The summed E-state index contributed by atoms with van der Waals surface area (Å²) in [5, 5.41) is 0. The molecule has 0 aliphatic rings. The summed E-state index contributed by atoms with van der Waals surface area (Å²) >= 11 is 0. The van der Waals surface area contributed by atoms with Crippen LogP contribution in [0.3, 0.4) is 0 Å². The molecule has 0 radical (unpaired) electrons. The molecule has 7 heteroatoms. The van der Waals surface area contributed by atoms with E-state index in [1.165, 1.54) is 11.4 Å². The molecule has 0 aliphatic heterocycles. The number of rotatable bonds is 5. The second-order valence-electron chi connectivity index (χ2n) is 4.84. The van der Waals surface area contributed by atoms with Crippen LogP contribution >= 0.6 is 0 Å². The molecular weight excluding hydrogens is 266 g/mol. The van der Waals surface area contributed by atoms with Gasteiger partial charge in [0.15, 0.2) is 5.43 Å². The third kappa shape index (κ3) is 3.65. The van der Waals surface area contributed by atoms with Crippen LogP contribution in [0.15, 0.2) is 11.0 Å². The topological polar surface area (TPSA) is 82.3 Å². The lowest BCUT2D eigenvalue weighted by molar-refractivity contribution is 0.402. The number of H-pyrrole nitrogens is 1. The Balaban J connectivity index is 2.90. The highest BCUT2D eigenvalue weighted by molar-refractivity contribution is 7.87. The van der Waals surface area contributed by atoms with Crippen molar-refractivity contribution in [3.05, 3.63) is 33.2 Å². The molecule has 0 aromatic carbocycles. The molecule has 1 heterocycles. The summed E-state index contributed by atoms with van der Waals surface area (Å²) in [5.41, 5.74) is 1.67. The minimum Gasteiger partial charge on any atom is -0.363 e. The quantitative estimate of drug-likeness (QED) is 0.835. The molecule has 0 fully saturated rings. The molecule has 1 rings (SSSR count). The maximum absolute atomic E-state index is 11.9. The van der Waals surface area contributed by atoms with Gasteiger partial charge in [0.25, 0.3) is 10.2 Å². The third-order valence-electron chi connectivity index (χ3n) is 3.15. The van der Waals surface area contributed by atoms with E-state index in [0.29, 0.717) is 16.8 Å². The van der Waals surface area contributed by atoms with Crippen molar-refractivity contribution in [2.24, 2.45) is 0 Å². The summed E-state index contributed by atoms with van der Waals surface area (Å²) in [6, 6.07) is -0.129. The van der Waals surface area contributed by atoms with E-state index < -0.39 is 10.2 Å². The van der Waals surface area contributed by atoms with Crippen LogP contribution < -0.4 is 10.2 Å². The van der Waals surface area contributed by atoms with E-state index in [2.05, 4.69) is 9.71 Å². The first-order chi connectivity index (χ1) is 8.66. The number of nitrogens with one attached hydrogen (secondary N) is 2. The smallest absolute Gasteiger partial charge is 0.279 e. The van der Waals surface area contributed by atoms with Crippen molar-refractivity contribution >= 4 is 10.2 Å². The van der Waals surface area contributed by atoms with Crippen molar-refractivity contribution in [3.8, 4) is 0 Å². The van der Waals surface area contributed by atoms with Crippen molar-refractivity contribution in [2.45, 2.75) is 40.3 Å². The molecule has 0 bridgehead atoms. The van der Waals surface area contributed by atoms with Crippen LogP contribution in [0.1, 0.15) is 30.7 Å². The van der Waals surface area contributed by atoms with Crippen LogP contribution in [0.2, 0.25) is 0 Å². The van der Waals surface area contributed by atoms with Crippen LogP contribution in [0.25, 0.3) is 0 Å². The summed E-state index contributed by atoms with van der Waals surface area (Å²) in [4.78, 5) is 14.7. The number of pyridine rings is 1. The fourth-order valence-corrected chi connectivity index (χ4v) is 2.61. The lowest BCUT2D eigenvalue weighted by Gasteiger charge is -2.21. The molecule has 0 saturated heterocycles. The molecule has 19 heavy (non-hydrogen) atoms. The highest BCUT2D eigenvalue weighted by atomic mass is 32.2. The maximum atomic E-state index is 11.9. The fourth-order valence-electron chi connectivity index (χ4n) is 1.53. The van der Waals surface area contributed by atoms with Gasteiger partial charge in [-0.25, -0.2) is 0 Å². The normalized spacial score (nSPS) is 12.4. The van der Waals surface area contributed by atoms with Crippen LogP contribution in [-0.2, 0) is 16.8 Å². The lowest BCUT2D eigenvalue weighted by atomic mass is 10.1. The summed E-state index contributed by atoms with van der Waals surface area (Å²) in [7, 11) is -2.02. The summed E-state index contributed by atoms with van der Waals surface area (Å²) in [6.07, 6.45) is 1.59. The van der Waals surface area contributed by atoms with E-state index in [0.717, 1.165) is 0 Å². The first-order valence-corrected chi connectivity index (χ1v) is 7.51. The largest absolute Gasteiger partial charge is 0.363 e. The van der Waals surface area contributed by atoms with Crippen LogP contribution in [0.4, 0.5) is 0 Å². The van der Waals surface area contributed by atoms with Crippen molar-refractivity contribution in [2.75, 3.05) is 7.05 Å². The molecule has 2 N–H and O–H groups in total. The second kappa shape index (κ2) is 5.85. The van der Waals surface area contributed by atoms with Gasteiger partial charge >= 0.3 is 0 Å². The third-order valence-corrected chi connectivity index (χ3v) is 4.84. The zero-order valence-electron chi connectivity index (χ0n) is 11.9. The van der Waals surface area contributed by atoms with Gasteiger partial charge in [0, 0.05) is 36.1 Å². The Labute approximate surface area is 114 Å². The monoisotopic (exact) mass is 287 g/mol. The molecule has 6 nitrogen and oxygen atoms in total. The number of nitrogens with zero attached hydrogens (tertiary/aromatic N) is 1. The summed E-state index contributed by atoms with van der Waals surface area (Å²) < 4.78 is 27.6. The second-order valence-corrected chi connectivity index (χ2v) is 6.66. The van der Waals surface area contributed by atoms with Gasteiger partial charge in [-0.15, -0.1) is 0 Å².